The molecular weight excluding hydrogens is 181 g/mol. The van der Waals surface area contributed by atoms with Gasteiger partial charge in [-0.05, 0) is 12.8 Å². The fraction of sp³-hybridized carbons (Fsp3) is 0.600. The lowest BCUT2D eigenvalue weighted by molar-refractivity contribution is 0.487. The van der Waals surface area contributed by atoms with E-state index in [-0.39, 0.29) is 6.04 Å². The zero-order valence-electron chi connectivity index (χ0n) is 9.03. The van der Waals surface area contributed by atoms with Crippen molar-refractivity contribution in [2.24, 2.45) is 5.92 Å². The predicted molar refractivity (Wildman–Crippen MR) is 54.7 cm³/mol. The van der Waals surface area contributed by atoms with E-state index in [9.17, 15) is 4.39 Å². The summed E-state index contributed by atoms with van der Waals surface area (Å²) in [5.74, 6) is 0.248. The lowest BCUT2D eigenvalue weighted by Crippen LogP contribution is -2.34. The molecule has 0 N–H and O–H groups in total. The van der Waals surface area contributed by atoms with Crippen molar-refractivity contribution in [1.29, 1.82) is 0 Å². The highest BCUT2D eigenvalue weighted by atomic mass is 19.1. The molecule has 1 rings (SSSR count). The molecule has 1 unspecified atom stereocenters. The van der Waals surface area contributed by atoms with E-state index in [1.54, 1.807) is 0 Å². The summed E-state index contributed by atoms with van der Waals surface area (Å²) in [6.07, 6.45) is 2.86. The fourth-order valence-corrected chi connectivity index (χ4v) is 1.19. The van der Waals surface area contributed by atoms with Gasteiger partial charge in [-0.25, -0.2) is 9.97 Å². The average Bonchev–Trinajstić information content (AvgIpc) is 2.16. The second-order valence-corrected chi connectivity index (χ2v) is 3.77. The Morgan fingerprint density at radius 1 is 1.21 bits per heavy atom. The molecule has 0 aromatic carbocycles. The quantitative estimate of drug-likeness (QED) is 0.743. The third-order valence-corrected chi connectivity index (χ3v) is 2.55. The van der Waals surface area contributed by atoms with E-state index < -0.39 is 5.95 Å². The summed E-state index contributed by atoms with van der Waals surface area (Å²) in [6.45, 7) is 6.23. The Morgan fingerprint density at radius 3 is 2.29 bits per heavy atom. The molecule has 0 aliphatic heterocycles. The van der Waals surface area contributed by atoms with E-state index in [4.69, 9.17) is 0 Å². The second kappa shape index (κ2) is 4.35. The lowest BCUT2D eigenvalue weighted by atomic mass is 10.1. The molecule has 0 saturated carbocycles. The van der Waals surface area contributed by atoms with Gasteiger partial charge < -0.3 is 4.90 Å². The molecule has 0 spiro atoms. The van der Waals surface area contributed by atoms with Crippen LogP contribution in [0.1, 0.15) is 20.8 Å². The summed E-state index contributed by atoms with van der Waals surface area (Å²) in [4.78, 5) is 9.35. The summed E-state index contributed by atoms with van der Waals surface area (Å²) < 4.78 is 13.2. The van der Waals surface area contributed by atoms with Gasteiger partial charge >= 0.3 is 0 Å². The topological polar surface area (TPSA) is 29.0 Å². The van der Waals surface area contributed by atoms with Gasteiger partial charge in [-0.15, -0.1) is 0 Å². The van der Waals surface area contributed by atoms with Gasteiger partial charge in [0.05, 0.1) is 0 Å². The van der Waals surface area contributed by atoms with Crippen molar-refractivity contribution in [3.63, 3.8) is 0 Å². The molecule has 14 heavy (non-hydrogen) atoms. The second-order valence-electron chi connectivity index (χ2n) is 3.77. The van der Waals surface area contributed by atoms with Gasteiger partial charge in [-0.3, -0.25) is 0 Å². The van der Waals surface area contributed by atoms with Crippen LogP contribution in [0.2, 0.25) is 0 Å². The average molecular weight is 197 g/mol. The van der Waals surface area contributed by atoms with E-state index in [1.165, 1.54) is 12.4 Å². The van der Waals surface area contributed by atoms with E-state index in [1.807, 2.05) is 18.9 Å². The van der Waals surface area contributed by atoms with Crippen LogP contribution in [-0.4, -0.2) is 23.1 Å². The highest BCUT2D eigenvalue weighted by molar-refractivity contribution is 5.36. The van der Waals surface area contributed by atoms with E-state index in [0.29, 0.717) is 11.7 Å². The van der Waals surface area contributed by atoms with Gasteiger partial charge in [0.2, 0.25) is 0 Å². The van der Waals surface area contributed by atoms with Gasteiger partial charge in [-0.1, -0.05) is 13.8 Å². The number of aromatic nitrogens is 2. The summed E-state index contributed by atoms with van der Waals surface area (Å²) in [7, 11) is 1.83. The van der Waals surface area contributed by atoms with Crippen molar-refractivity contribution >= 4 is 5.82 Å². The van der Waals surface area contributed by atoms with Crippen molar-refractivity contribution in [1.82, 2.24) is 9.97 Å². The van der Waals surface area contributed by atoms with Gasteiger partial charge in [-0.2, -0.15) is 4.39 Å². The first-order chi connectivity index (χ1) is 6.54. The predicted octanol–water partition coefficient (Wildman–Crippen LogP) is 2.10. The summed E-state index contributed by atoms with van der Waals surface area (Å²) >= 11 is 0. The molecule has 0 aliphatic carbocycles. The SMILES string of the molecule is CC(C)C(C)N(C)c1nccnc1F. The molecule has 1 aromatic rings. The van der Waals surface area contributed by atoms with Crippen LogP contribution >= 0.6 is 0 Å². The molecule has 3 nitrogen and oxygen atoms in total. The first kappa shape index (κ1) is 10.9. The molecule has 1 atom stereocenters. The zero-order chi connectivity index (χ0) is 10.7. The van der Waals surface area contributed by atoms with Crippen LogP contribution in [0, 0.1) is 11.9 Å². The van der Waals surface area contributed by atoms with Gasteiger partial charge in [0, 0.05) is 25.5 Å². The Bertz CT molecular complexity index is 301. The number of nitrogens with zero attached hydrogens (tertiary/aromatic N) is 3. The minimum atomic E-state index is -0.512. The number of anilines is 1. The normalized spacial score (nSPS) is 13.0. The van der Waals surface area contributed by atoms with Crippen LogP contribution in [0.15, 0.2) is 12.4 Å². The summed E-state index contributed by atoms with van der Waals surface area (Å²) in [5, 5.41) is 0. The molecule has 0 fully saturated rings. The van der Waals surface area contributed by atoms with Crippen molar-refractivity contribution < 1.29 is 4.39 Å². The van der Waals surface area contributed by atoms with Crippen LogP contribution in [-0.2, 0) is 0 Å². The highest BCUT2D eigenvalue weighted by Crippen LogP contribution is 2.17. The molecule has 1 aromatic heterocycles. The van der Waals surface area contributed by atoms with E-state index in [0.717, 1.165) is 0 Å². The largest absolute Gasteiger partial charge is 0.353 e. The minimum Gasteiger partial charge on any atom is -0.353 e. The molecule has 4 heteroatoms. The molecule has 0 aliphatic rings. The molecular formula is C10H16FN3. The zero-order valence-corrected chi connectivity index (χ0v) is 9.03. The van der Waals surface area contributed by atoms with Crippen molar-refractivity contribution in [2.75, 3.05) is 11.9 Å². The standard InChI is InChI=1S/C10H16FN3/c1-7(2)8(3)14(4)10-9(11)12-5-6-13-10/h5-8H,1-4H3. The number of rotatable bonds is 3. The first-order valence-electron chi connectivity index (χ1n) is 4.73. The van der Waals surface area contributed by atoms with Crippen molar-refractivity contribution in [2.45, 2.75) is 26.8 Å². The molecule has 0 saturated heterocycles. The van der Waals surface area contributed by atoms with Gasteiger partial charge in [0.25, 0.3) is 5.95 Å². The Balaban J connectivity index is 2.89. The molecule has 0 bridgehead atoms. The van der Waals surface area contributed by atoms with Crippen LogP contribution in [0.4, 0.5) is 10.2 Å². The van der Waals surface area contributed by atoms with Crippen LogP contribution in [0.3, 0.4) is 0 Å². The van der Waals surface area contributed by atoms with Crippen molar-refractivity contribution in [3.8, 4) is 0 Å². The minimum absolute atomic E-state index is 0.237. The highest BCUT2D eigenvalue weighted by Gasteiger charge is 2.17. The van der Waals surface area contributed by atoms with E-state index >= 15 is 0 Å². The van der Waals surface area contributed by atoms with E-state index in [2.05, 4.69) is 23.8 Å². The lowest BCUT2D eigenvalue weighted by Gasteiger charge is -2.28. The Labute approximate surface area is 84.0 Å². The number of hydrogen-bond acceptors (Lipinski definition) is 3. The molecule has 1 heterocycles. The summed E-state index contributed by atoms with van der Waals surface area (Å²) in [6, 6.07) is 0.237. The smallest absolute Gasteiger partial charge is 0.255 e. The maximum atomic E-state index is 13.2. The van der Waals surface area contributed by atoms with Gasteiger partial charge in [0.1, 0.15) is 0 Å². The fourth-order valence-electron chi connectivity index (χ4n) is 1.19. The number of hydrogen-bond donors (Lipinski definition) is 0. The monoisotopic (exact) mass is 197 g/mol. The number of halogens is 1. The first-order valence-corrected chi connectivity index (χ1v) is 4.73. The Morgan fingerprint density at radius 2 is 1.79 bits per heavy atom. The summed E-state index contributed by atoms with van der Waals surface area (Å²) in [5.41, 5.74) is 0. The van der Waals surface area contributed by atoms with Crippen LogP contribution in [0.5, 0.6) is 0 Å². The van der Waals surface area contributed by atoms with Gasteiger partial charge in [0.15, 0.2) is 5.82 Å². The Hall–Kier alpha value is -1.19. The molecule has 0 radical (unpaired) electrons. The third kappa shape index (κ3) is 2.19. The molecule has 78 valence electrons. The third-order valence-electron chi connectivity index (χ3n) is 2.55. The van der Waals surface area contributed by atoms with Crippen molar-refractivity contribution in [3.05, 3.63) is 18.3 Å². The Kier molecular flexibility index (Phi) is 3.38. The maximum absolute atomic E-state index is 13.2. The van der Waals surface area contributed by atoms with Crippen LogP contribution < -0.4 is 4.90 Å². The maximum Gasteiger partial charge on any atom is 0.255 e. The van der Waals surface area contributed by atoms with Crippen LogP contribution in [0.25, 0.3) is 0 Å². The molecule has 0 amide bonds.